The number of ether oxygens (including phenoxy) is 1. The van der Waals surface area contributed by atoms with Gasteiger partial charge in [-0.3, -0.25) is 4.79 Å². The van der Waals surface area contributed by atoms with E-state index in [1.807, 2.05) is 60.8 Å². The molecule has 1 saturated heterocycles. The maximum absolute atomic E-state index is 12.1. The van der Waals surface area contributed by atoms with E-state index in [-0.39, 0.29) is 11.9 Å². The third-order valence-electron chi connectivity index (χ3n) is 2.62. The first-order valence-corrected chi connectivity index (χ1v) is 7.87. The number of rotatable bonds is 4. The van der Waals surface area contributed by atoms with Crippen LogP contribution >= 0.6 is 23.5 Å². The van der Waals surface area contributed by atoms with E-state index < -0.39 is 0 Å². The summed E-state index contributed by atoms with van der Waals surface area (Å²) in [5.74, 6) is 2.02. The van der Waals surface area contributed by atoms with Crippen LogP contribution in [0, 0.1) is 0 Å². The predicted molar refractivity (Wildman–Crippen MR) is 74.5 cm³/mol. The highest BCUT2D eigenvalue weighted by molar-refractivity contribution is 8.20. The largest absolute Gasteiger partial charge is 0.465 e. The van der Waals surface area contributed by atoms with Crippen LogP contribution in [0.2, 0.25) is 0 Å². The Kier molecular flexibility index (Phi) is 4.80. The molecule has 1 aromatic carbocycles. The second-order valence-corrected chi connectivity index (χ2v) is 6.55. The first kappa shape index (κ1) is 12.8. The van der Waals surface area contributed by atoms with Crippen LogP contribution in [0.25, 0.3) is 0 Å². The minimum Gasteiger partial charge on any atom is -0.465 e. The SMILES string of the molecule is CCOC(=O)C(c1ccccc1)C1SCCS1. The van der Waals surface area contributed by atoms with Crippen LogP contribution in [0.5, 0.6) is 0 Å². The van der Waals surface area contributed by atoms with Gasteiger partial charge in [-0.05, 0) is 12.5 Å². The molecule has 0 aromatic heterocycles. The van der Waals surface area contributed by atoms with Crippen LogP contribution < -0.4 is 0 Å². The normalized spacial score (nSPS) is 17.9. The molecule has 0 N–H and O–H groups in total. The molecule has 92 valence electrons. The number of esters is 1. The molecular formula is C13H16O2S2. The van der Waals surface area contributed by atoms with Gasteiger partial charge in [0.05, 0.1) is 11.2 Å². The van der Waals surface area contributed by atoms with Gasteiger partial charge in [0.2, 0.25) is 0 Å². The van der Waals surface area contributed by atoms with Crippen molar-refractivity contribution in [3.8, 4) is 0 Å². The highest BCUT2D eigenvalue weighted by Crippen LogP contribution is 2.42. The highest BCUT2D eigenvalue weighted by atomic mass is 32.2. The van der Waals surface area contributed by atoms with Crippen LogP contribution in [0.15, 0.2) is 30.3 Å². The number of carbonyl (C=O) groups is 1. The van der Waals surface area contributed by atoms with Crippen molar-refractivity contribution in [1.29, 1.82) is 0 Å². The quantitative estimate of drug-likeness (QED) is 0.784. The lowest BCUT2D eigenvalue weighted by molar-refractivity contribution is -0.144. The zero-order valence-electron chi connectivity index (χ0n) is 9.80. The number of hydrogen-bond donors (Lipinski definition) is 0. The Bertz CT molecular complexity index is 361. The molecule has 0 bridgehead atoms. The van der Waals surface area contributed by atoms with Gasteiger partial charge >= 0.3 is 5.97 Å². The fraction of sp³-hybridized carbons (Fsp3) is 0.462. The summed E-state index contributed by atoms with van der Waals surface area (Å²) < 4.78 is 5.51. The minimum absolute atomic E-state index is 0.0920. The summed E-state index contributed by atoms with van der Waals surface area (Å²) in [6, 6.07) is 9.96. The van der Waals surface area contributed by atoms with Crippen molar-refractivity contribution >= 4 is 29.5 Å². The molecule has 0 saturated carbocycles. The summed E-state index contributed by atoms with van der Waals surface area (Å²) in [6.45, 7) is 2.30. The smallest absolute Gasteiger partial charge is 0.315 e. The van der Waals surface area contributed by atoms with Gasteiger partial charge < -0.3 is 4.74 Å². The standard InChI is InChI=1S/C13H16O2S2/c1-2-15-12(14)11(13-16-8-9-17-13)10-6-4-3-5-7-10/h3-7,11,13H,2,8-9H2,1H3. The van der Waals surface area contributed by atoms with Gasteiger partial charge in [0.1, 0.15) is 5.92 Å². The van der Waals surface area contributed by atoms with E-state index in [0.29, 0.717) is 11.2 Å². The molecule has 1 fully saturated rings. The van der Waals surface area contributed by atoms with E-state index in [0.717, 1.165) is 17.1 Å². The van der Waals surface area contributed by atoms with Crippen LogP contribution in [-0.2, 0) is 9.53 Å². The van der Waals surface area contributed by atoms with Crippen LogP contribution in [0.3, 0.4) is 0 Å². The van der Waals surface area contributed by atoms with Gasteiger partial charge in [-0.25, -0.2) is 0 Å². The van der Waals surface area contributed by atoms with E-state index in [1.165, 1.54) is 0 Å². The second-order valence-electron chi connectivity index (χ2n) is 3.75. The number of carbonyl (C=O) groups excluding carboxylic acids is 1. The van der Waals surface area contributed by atoms with Gasteiger partial charge in [-0.2, -0.15) is 0 Å². The number of thioether (sulfide) groups is 2. The van der Waals surface area contributed by atoms with Gasteiger partial charge in [-0.15, -0.1) is 23.5 Å². The van der Waals surface area contributed by atoms with Crippen molar-refractivity contribution in [2.75, 3.05) is 18.1 Å². The first-order chi connectivity index (χ1) is 8.33. The van der Waals surface area contributed by atoms with Gasteiger partial charge in [0.15, 0.2) is 0 Å². The van der Waals surface area contributed by atoms with Crippen molar-refractivity contribution in [2.45, 2.75) is 17.4 Å². The fourth-order valence-corrected chi connectivity index (χ4v) is 4.98. The van der Waals surface area contributed by atoms with Crippen LogP contribution in [-0.4, -0.2) is 28.7 Å². The van der Waals surface area contributed by atoms with E-state index in [9.17, 15) is 4.79 Å². The third kappa shape index (κ3) is 3.19. The Labute approximate surface area is 111 Å². The molecule has 1 atom stereocenters. The minimum atomic E-state index is -0.131. The molecule has 17 heavy (non-hydrogen) atoms. The Morgan fingerprint density at radius 1 is 1.35 bits per heavy atom. The molecule has 0 spiro atoms. The number of benzene rings is 1. The van der Waals surface area contributed by atoms with Crippen molar-refractivity contribution in [3.05, 3.63) is 35.9 Å². The summed E-state index contributed by atoms with van der Waals surface area (Å²) in [5, 5.41) is 0. The predicted octanol–water partition coefficient (Wildman–Crippen LogP) is 3.14. The van der Waals surface area contributed by atoms with Gasteiger partial charge in [0.25, 0.3) is 0 Å². The molecule has 1 aliphatic rings. The lowest BCUT2D eigenvalue weighted by atomic mass is 10.0. The molecule has 0 amide bonds. The van der Waals surface area contributed by atoms with E-state index >= 15 is 0 Å². The average molecular weight is 268 g/mol. The first-order valence-electron chi connectivity index (χ1n) is 5.77. The van der Waals surface area contributed by atoms with Crippen LogP contribution in [0.4, 0.5) is 0 Å². The van der Waals surface area contributed by atoms with Crippen molar-refractivity contribution in [1.82, 2.24) is 0 Å². The highest BCUT2D eigenvalue weighted by Gasteiger charge is 2.34. The van der Waals surface area contributed by atoms with Gasteiger partial charge in [0, 0.05) is 11.5 Å². The summed E-state index contributed by atoms with van der Waals surface area (Å²) in [7, 11) is 0. The van der Waals surface area contributed by atoms with Crippen molar-refractivity contribution < 1.29 is 9.53 Å². The van der Waals surface area contributed by atoms with E-state index in [2.05, 4.69) is 0 Å². The van der Waals surface area contributed by atoms with Crippen LogP contribution in [0.1, 0.15) is 18.4 Å². The molecule has 1 aliphatic heterocycles. The molecule has 1 unspecified atom stereocenters. The Hall–Kier alpha value is -0.610. The Balaban J connectivity index is 2.20. The average Bonchev–Trinajstić information content (AvgIpc) is 2.85. The lowest BCUT2D eigenvalue weighted by Crippen LogP contribution is -2.22. The fourth-order valence-electron chi connectivity index (χ4n) is 1.87. The zero-order valence-corrected chi connectivity index (χ0v) is 11.4. The molecule has 1 aromatic rings. The molecule has 4 heteroatoms. The maximum atomic E-state index is 12.1. The molecule has 2 nitrogen and oxygen atoms in total. The molecule has 1 heterocycles. The van der Waals surface area contributed by atoms with Crippen molar-refractivity contribution in [3.63, 3.8) is 0 Å². The summed E-state index contributed by atoms with van der Waals surface area (Å²) >= 11 is 3.72. The lowest BCUT2D eigenvalue weighted by Gasteiger charge is -2.20. The molecular weight excluding hydrogens is 252 g/mol. The van der Waals surface area contributed by atoms with Gasteiger partial charge in [-0.1, -0.05) is 30.3 Å². The molecule has 2 rings (SSSR count). The molecule has 0 radical (unpaired) electrons. The molecule has 0 aliphatic carbocycles. The Morgan fingerprint density at radius 3 is 2.59 bits per heavy atom. The topological polar surface area (TPSA) is 26.3 Å². The van der Waals surface area contributed by atoms with Crippen molar-refractivity contribution in [2.24, 2.45) is 0 Å². The Morgan fingerprint density at radius 2 is 2.00 bits per heavy atom. The number of hydrogen-bond acceptors (Lipinski definition) is 4. The summed E-state index contributed by atoms with van der Waals surface area (Å²) in [5.41, 5.74) is 1.07. The second kappa shape index (κ2) is 6.36. The summed E-state index contributed by atoms with van der Waals surface area (Å²) in [6.07, 6.45) is 0. The third-order valence-corrected chi connectivity index (χ3v) is 5.77. The maximum Gasteiger partial charge on any atom is 0.315 e. The monoisotopic (exact) mass is 268 g/mol. The van der Waals surface area contributed by atoms with E-state index in [4.69, 9.17) is 4.74 Å². The summed E-state index contributed by atoms with van der Waals surface area (Å²) in [4.78, 5) is 12.1. The van der Waals surface area contributed by atoms with E-state index in [1.54, 1.807) is 0 Å². The zero-order chi connectivity index (χ0) is 12.1.